The smallest absolute Gasteiger partial charge is 0.128 e. The second kappa shape index (κ2) is 3.77. The molecular formula is C12H14FN3. The van der Waals surface area contributed by atoms with Crippen LogP contribution in [0.5, 0.6) is 0 Å². The molecule has 4 heteroatoms. The molecule has 3 nitrogen and oxygen atoms in total. The summed E-state index contributed by atoms with van der Waals surface area (Å²) < 4.78 is 13.5. The van der Waals surface area contributed by atoms with Crippen LogP contribution in [-0.4, -0.2) is 32.0 Å². The van der Waals surface area contributed by atoms with Crippen molar-refractivity contribution in [2.45, 2.75) is 6.42 Å². The third-order valence-corrected chi connectivity index (χ3v) is 3.15. The number of halogens is 1. The van der Waals surface area contributed by atoms with E-state index in [4.69, 9.17) is 0 Å². The normalized spacial score (nSPS) is 18.3. The van der Waals surface area contributed by atoms with Crippen molar-refractivity contribution < 1.29 is 4.39 Å². The number of aliphatic imine (C=N–C) groups is 1. The van der Waals surface area contributed by atoms with Crippen molar-refractivity contribution in [2.75, 3.05) is 31.1 Å². The monoisotopic (exact) mass is 219 g/mol. The van der Waals surface area contributed by atoms with Gasteiger partial charge in [0, 0.05) is 24.3 Å². The molecule has 0 radical (unpaired) electrons. The van der Waals surface area contributed by atoms with E-state index >= 15 is 0 Å². The average molecular weight is 219 g/mol. The molecule has 0 saturated carbocycles. The van der Waals surface area contributed by atoms with Crippen LogP contribution in [0.3, 0.4) is 0 Å². The van der Waals surface area contributed by atoms with E-state index < -0.39 is 0 Å². The minimum absolute atomic E-state index is 0.0821. The predicted octanol–water partition coefficient (Wildman–Crippen LogP) is 1.19. The van der Waals surface area contributed by atoms with Crippen LogP contribution in [0.4, 0.5) is 10.1 Å². The van der Waals surface area contributed by atoms with Crippen molar-refractivity contribution in [2.24, 2.45) is 4.99 Å². The predicted molar refractivity (Wildman–Crippen MR) is 62.6 cm³/mol. The first-order chi connectivity index (χ1) is 7.84. The fourth-order valence-corrected chi connectivity index (χ4v) is 2.36. The van der Waals surface area contributed by atoms with Crippen molar-refractivity contribution in [1.29, 1.82) is 0 Å². The van der Waals surface area contributed by atoms with Crippen molar-refractivity contribution in [1.82, 2.24) is 5.32 Å². The molecule has 0 bridgehead atoms. The maximum absolute atomic E-state index is 13.5. The Hall–Kier alpha value is -1.58. The Bertz CT molecular complexity index is 442. The van der Waals surface area contributed by atoms with E-state index in [0.717, 1.165) is 49.7 Å². The number of anilines is 1. The van der Waals surface area contributed by atoms with Crippen LogP contribution in [0.1, 0.15) is 5.56 Å². The van der Waals surface area contributed by atoms with Crippen molar-refractivity contribution >= 4 is 11.5 Å². The van der Waals surface area contributed by atoms with E-state index in [-0.39, 0.29) is 5.82 Å². The highest BCUT2D eigenvalue weighted by molar-refractivity contribution is 5.88. The summed E-state index contributed by atoms with van der Waals surface area (Å²) in [5, 5.41) is 3.24. The summed E-state index contributed by atoms with van der Waals surface area (Å²) in [6.45, 7) is 3.45. The maximum Gasteiger partial charge on any atom is 0.128 e. The highest BCUT2D eigenvalue weighted by atomic mass is 19.1. The van der Waals surface area contributed by atoms with Gasteiger partial charge in [-0.3, -0.25) is 4.99 Å². The summed E-state index contributed by atoms with van der Waals surface area (Å²) in [4.78, 5) is 6.55. The molecule has 3 rings (SSSR count). The highest BCUT2D eigenvalue weighted by Gasteiger charge is 2.23. The Labute approximate surface area is 94.0 Å². The molecule has 0 atom stereocenters. The zero-order valence-electron chi connectivity index (χ0n) is 9.04. The molecule has 0 amide bonds. The first-order valence-corrected chi connectivity index (χ1v) is 5.64. The number of rotatable bonds is 2. The van der Waals surface area contributed by atoms with Crippen LogP contribution in [0.15, 0.2) is 23.2 Å². The van der Waals surface area contributed by atoms with Crippen LogP contribution >= 0.6 is 0 Å². The number of fused-ring (bicyclic) bond motifs is 1. The molecular weight excluding hydrogens is 205 g/mol. The topological polar surface area (TPSA) is 27.6 Å². The van der Waals surface area contributed by atoms with Gasteiger partial charge in [0.2, 0.25) is 0 Å². The molecule has 2 heterocycles. The summed E-state index contributed by atoms with van der Waals surface area (Å²) in [5.74, 6) is 0.943. The second-order valence-corrected chi connectivity index (χ2v) is 4.16. The van der Waals surface area contributed by atoms with Gasteiger partial charge in [-0.05, 0) is 18.6 Å². The number of nitrogens with zero attached hydrogens (tertiary/aromatic N) is 2. The van der Waals surface area contributed by atoms with Crippen LogP contribution in [0.2, 0.25) is 0 Å². The van der Waals surface area contributed by atoms with Gasteiger partial charge in [0.25, 0.3) is 0 Å². The van der Waals surface area contributed by atoms with E-state index in [1.165, 1.54) is 6.07 Å². The first kappa shape index (κ1) is 9.63. The Morgan fingerprint density at radius 1 is 1.44 bits per heavy atom. The third-order valence-electron chi connectivity index (χ3n) is 3.15. The zero-order chi connectivity index (χ0) is 11.0. The maximum atomic E-state index is 13.5. The third kappa shape index (κ3) is 1.54. The van der Waals surface area contributed by atoms with Gasteiger partial charge in [0.15, 0.2) is 0 Å². The fraction of sp³-hybridized carbons (Fsp3) is 0.417. The van der Waals surface area contributed by atoms with E-state index in [2.05, 4.69) is 15.2 Å². The summed E-state index contributed by atoms with van der Waals surface area (Å²) in [6, 6.07) is 5.30. The summed E-state index contributed by atoms with van der Waals surface area (Å²) >= 11 is 0. The molecule has 0 aromatic heterocycles. The Morgan fingerprint density at radius 3 is 3.19 bits per heavy atom. The SMILES string of the molecule is Fc1cccc2c1CCN2CC1=NCCN1. The van der Waals surface area contributed by atoms with Crippen molar-refractivity contribution in [3.8, 4) is 0 Å². The van der Waals surface area contributed by atoms with Gasteiger partial charge in [0.05, 0.1) is 13.1 Å². The van der Waals surface area contributed by atoms with Gasteiger partial charge in [0.1, 0.15) is 11.7 Å². The average Bonchev–Trinajstić information content (AvgIpc) is 2.90. The van der Waals surface area contributed by atoms with Crippen LogP contribution in [0.25, 0.3) is 0 Å². The molecule has 84 valence electrons. The lowest BCUT2D eigenvalue weighted by molar-refractivity contribution is 0.615. The van der Waals surface area contributed by atoms with Crippen LogP contribution < -0.4 is 10.2 Å². The molecule has 1 aromatic rings. The molecule has 1 aromatic carbocycles. The molecule has 0 saturated heterocycles. The van der Waals surface area contributed by atoms with E-state index in [1.54, 1.807) is 6.07 Å². The second-order valence-electron chi connectivity index (χ2n) is 4.16. The molecule has 2 aliphatic rings. The van der Waals surface area contributed by atoms with E-state index in [1.807, 2.05) is 6.07 Å². The molecule has 0 spiro atoms. The van der Waals surface area contributed by atoms with E-state index in [0.29, 0.717) is 0 Å². The van der Waals surface area contributed by atoms with Crippen LogP contribution in [-0.2, 0) is 6.42 Å². The molecule has 16 heavy (non-hydrogen) atoms. The number of hydrogen-bond acceptors (Lipinski definition) is 3. The van der Waals surface area contributed by atoms with Crippen molar-refractivity contribution in [3.05, 3.63) is 29.6 Å². The number of amidine groups is 1. The Balaban J connectivity index is 1.83. The standard InChI is InChI=1S/C12H14FN3/c13-10-2-1-3-11-9(10)4-7-16(11)8-12-14-5-6-15-12/h1-3H,4-8H2,(H,14,15). The van der Waals surface area contributed by atoms with Gasteiger partial charge in [-0.25, -0.2) is 4.39 Å². The molecule has 1 N–H and O–H groups in total. The van der Waals surface area contributed by atoms with Gasteiger partial charge in [-0.1, -0.05) is 6.07 Å². The first-order valence-electron chi connectivity index (χ1n) is 5.64. The van der Waals surface area contributed by atoms with E-state index in [9.17, 15) is 4.39 Å². The summed E-state index contributed by atoms with van der Waals surface area (Å²) in [7, 11) is 0. The molecule has 2 aliphatic heterocycles. The summed E-state index contributed by atoms with van der Waals surface area (Å²) in [6.07, 6.45) is 0.801. The highest BCUT2D eigenvalue weighted by Crippen LogP contribution is 2.29. The van der Waals surface area contributed by atoms with Crippen LogP contribution in [0, 0.1) is 5.82 Å². The van der Waals surface area contributed by atoms with Gasteiger partial charge < -0.3 is 10.2 Å². The summed E-state index contributed by atoms with van der Waals surface area (Å²) in [5.41, 5.74) is 1.87. The number of benzene rings is 1. The Morgan fingerprint density at radius 2 is 2.38 bits per heavy atom. The molecule has 0 fully saturated rings. The van der Waals surface area contributed by atoms with Gasteiger partial charge in [-0.15, -0.1) is 0 Å². The fourth-order valence-electron chi connectivity index (χ4n) is 2.36. The lowest BCUT2D eigenvalue weighted by Crippen LogP contribution is -2.34. The number of hydrogen-bond donors (Lipinski definition) is 1. The Kier molecular flexibility index (Phi) is 2.27. The largest absolute Gasteiger partial charge is 0.370 e. The molecule has 0 aliphatic carbocycles. The number of nitrogens with one attached hydrogen (secondary N) is 1. The van der Waals surface area contributed by atoms with Gasteiger partial charge in [-0.2, -0.15) is 0 Å². The molecule has 0 unspecified atom stereocenters. The lowest BCUT2D eigenvalue weighted by Gasteiger charge is -2.19. The lowest BCUT2D eigenvalue weighted by atomic mass is 10.1. The minimum Gasteiger partial charge on any atom is -0.370 e. The minimum atomic E-state index is -0.0821. The van der Waals surface area contributed by atoms with Crippen molar-refractivity contribution in [3.63, 3.8) is 0 Å². The van der Waals surface area contributed by atoms with Gasteiger partial charge >= 0.3 is 0 Å². The quantitative estimate of drug-likeness (QED) is 0.809. The zero-order valence-corrected chi connectivity index (χ0v) is 9.04.